The first-order valence-electron chi connectivity index (χ1n) is 3.95. The standard InChI is InChI=1S/C7H16N2O/c1-2-10-6-7-5-8-3-4-9-7/h7-9H,2-6H2,1H3. The molecule has 0 radical (unpaired) electrons. The minimum atomic E-state index is 0.522. The quantitative estimate of drug-likeness (QED) is 0.564. The summed E-state index contributed by atoms with van der Waals surface area (Å²) in [5.41, 5.74) is 0. The van der Waals surface area contributed by atoms with Crippen LogP contribution in [-0.4, -0.2) is 38.9 Å². The monoisotopic (exact) mass is 144 g/mol. The lowest BCUT2D eigenvalue weighted by Gasteiger charge is -2.23. The summed E-state index contributed by atoms with van der Waals surface area (Å²) in [7, 11) is 0. The highest BCUT2D eigenvalue weighted by atomic mass is 16.5. The zero-order chi connectivity index (χ0) is 7.23. The lowest BCUT2D eigenvalue weighted by Crippen LogP contribution is -2.50. The molecule has 1 rings (SSSR count). The number of hydrogen-bond donors (Lipinski definition) is 2. The molecule has 1 heterocycles. The van der Waals surface area contributed by atoms with Crippen LogP contribution in [0.2, 0.25) is 0 Å². The highest BCUT2D eigenvalue weighted by Crippen LogP contribution is 1.87. The van der Waals surface area contributed by atoms with Gasteiger partial charge in [0, 0.05) is 32.3 Å². The molecule has 0 saturated carbocycles. The van der Waals surface area contributed by atoms with Gasteiger partial charge in [-0.15, -0.1) is 0 Å². The Kier molecular flexibility index (Phi) is 3.72. The van der Waals surface area contributed by atoms with E-state index in [0.717, 1.165) is 32.8 Å². The van der Waals surface area contributed by atoms with Crippen molar-refractivity contribution in [2.45, 2.75) is 13.0 Å². The Balaban J connectivity index is 2.02. The predicted octanol–water partition coefficient (Wildman–Crippen LogP) is -0.416. The molecule has 0 aromatic carbocycles. The minimum Gasteiger partial charge on any atom is -0.380 e. The second-order valence-corrected chi connectivity index (χ2v) is 2.51. The lowest BCUT2D eigenvalue weighted by molar-refractivity contribution is 0.117. The molecule has 1 saturated heterocycles. The van der Waals surface area contributed by atoms with Gasteiger partial charge in [-0.2, -0.15) is 0 Å². The summed E-state index contributed by atoms with van der Waals surface area (Å²) in [6.07, 6.45) is 0. The molecule has 1 atom stereocenters. The molecule has 1 aliphatic heterocycles. The van der Waals surface area contributed by atoms with Crippen molar-refractivity contribution in [1.82, 2.24) is 10.6 Å². The number of ether oxygens (including phenoxy) is 1. The molecular formula is C7H16N2O. The molecule has 3 heteroatoms. The van der Waals surface area contributed by atoms with Crippen LogP contribution in [0.5, 0.6) is 0 Å². The molecule has 1 aliphatic rings. The van der Waals surface area contributed by atoms with Crippen molar-refractivity contribution in [1.29, 1.82) is 0 Å². The summed E-state index contributed by atoms with van der Waals surface area (Å²) in [4.78, 5) is 0. The average molecular weight is 144 g/mol. The first kappa shape index (κ1) is 7.98. The summed E-state index contributed by atoms with van der Waals surface area (Å²) in [5, 5.41) is 6.67. The summed E-state index contributed by atoms with van der Waals surface area (Å²) in [5.74, 6) is 0. The maximum atomic E-state index is 5.27. The summed E-state index contributed by atoms with van der Waals surface area (Å²) < 4.78 is 5.27. The second-order valence-electron chi connectivity index (χ2n) is 2.51. The fourth-order valence-corrected chi connectivity index (χ4v) is 1.09. The third-order valence-corrected chi connectivity index (χ3v) is 1.65. The zero-order valence-electron chi connectivity index (χ0n) is 6.52. The normalized spacial score (nSPS) is 26.7. The first-order valence-corrected chi connectivity index (χ1v) is 3.95. The van der Waals surface area contributed by atoms with Gasteiger partial charge in [0.25, 0.3) is 0 Å². The minimum absolute atomic E-state index is 0.522. The van der Waals surface area contributed by atoms with Gasteiger partial charge in [-0.3, -0.25) is 0 Å². The molecule has 1 fully saturated rings. The fourth-order valence-electron chi connectivity index (χ4n) is 1.09. The Labute approximate surface area is 62.1 Å². The molecule has 0 aromatic heterocycles. The molecule has 0 amide bonds. The lowest BCUT2D eigenvalue weighted by atomic mass is 10.2. The summed E-state index contributed by atoms with van der Waals surface area (Å²) in [6.45, 7) is 6.87. The highest BCUT2D eigenvalue weighted by Gasteiger charge is 2.10. The maximum absolute atomic E-state index is 5.27. The van der Waals surface area contributed by atoms with Crippen LogP contribution in [0.4, 0.5) is 0 Å². The van der Waals surface area contributed by atoms with E-state index in [2.05, 4.69) is 10.6 Å². The van der Waals surface area contributed by atoms with Gasteiger partial charge >= 0.3 is 0 Å². The van der Waals surface area contributed by atoms with Crippen LogP contribution in [0.15, 0.2) is 0 Å². The van der Waals surface area contributed by atoms with Gasteiger partial charge in [-0.05, 0) is 6.92 Å². The van der Waals surface area contributed by atoms with Gasteiger partial charge < -0.3 is 15.4 Å². The van der Waals surface area contributed by atoms with Crippen LogP contribution in [0.3, 0.4) is 0 Å². The molecule has 0 spiro atoms. The van der Waals surface area contributed by atoms with Crippen molar-refractivity contribution in [3.63, 3.8) is 0 Å². The summed E-state index contributed by atoms with van der Waals surface area (Å²) in [6, 6.07) is 0.522. The van der Waals surface area contributed by atoms with Gasteiger partial charge in [-0.25, -0.2) is 0 Å². The molecular weight excluding hydrogens is 128 g/mol. The van der Waals surface area contributed by atoms with Gasteiger partial charge in [0.2, 0.25) is 0 Å². The number of nitrogens with one attached hydrogen (secondary N) is 2. The van der Waals surface area contributed by atoms with E-state index in [0.29, 0.717) is 6.04 Å². The van der Waals surface area contributed by atoms with Crippen molar-refractivity contribution in [3.05, 3.63) is 0 Å². The van der Waals surface area contributed by atoms with Crippen LogP contribution in [0.25, 0.3) is 0 Å². The zero-order valence-corrected chi connectivity index (χ0v) is 6.52. The van der Waals surface area contributed by atoms with Crippen LogP contribution >= 0.6 is 0 Å². The Bertz CT molecular complexity index is 81.7. The molecule has 2 N–H and O–H groups in total. The van der Waals surface area contributed by atoms with Crippen LogP contribution in [0.1, 0.15) is 6.92 Å². The Hall–Kier alpha value is -0.120. The summed E-state index contributed by atoms with van der Waals surface area (Å²) >= 11 is 0. The third kappa shape index (κ3) is 2.64. The smallest absolute Gasteiger partial charge is 0.0631 e. The van der Waals surface area contributed by atoms with E-state index >= 15 is 0 Å². The van der Waals surface area contributed by atoms with E-state index in [1.54, 1.807) is 0 Å². The van der Waals surface area contributed by atoms with Crippen molar-refractivity contribution in [2.24, 2.45) is 0 Å². The van der Waals surface area contributed by atoms with Gasteiger partial charge in [0.15, 0.2) is 0 Å². The van der Waals surface area contributed by atoms with E-state index < -0.39 is 0 Å². The van der Waals surface area contributed by atoms with Crippen molar-refractivity contribution in [2.75, 3.05) is 32.8 Å². The molecule has 60 valence electrons. The van der Waals surface area contributed by atoms with Crippen LogP contribution < -0.4 is 10.6 Å². The van der Waals surface area contributed by atoms with E-state index in [4.69, 9.17) is 4.74 Å². The predicted molar refractivity (Wildman–Crippen MR) is 41.2 cm³/mol. The van der Waals surface area contributed by atoms with Gasteiger partial charge in [-0.1, -0.05) is 0 Å². The van der Waals surface area contributed by atoms with E-state index in [-0.39, 0.29) is 0 Å². The molecule has 10 heavy (non-hydrogen) atoms. The van der Waals surface area contributed by atoms with Crippen LogP contribution in [-0.2, 0) is 4.74 Å². The van der Waals surface area contributed by atoms with E-state index in [9.17, 15) is 0 Å². The van der Waals surface area contributed by atoms with E-state index in [1.807, 2.05) is 6.92 Å². The van der Waals surface area contributed by atoms with Crippen molar-refractivity contribution in [3.8, 4) is 0 Å². The Morgan fingerprint density at radius 3 is 3.00 bits per heavy atom. The average Bonchev–Trinajstić information content (AvgIpc) is 2.03. The van der Waals surface area contributed by atoms with Crippen LogP contribution in [0, 0.1) is 0 Å². The molecule has 0 aliphatic carbocycles. The largest absolute Gasteiger partial charge is 0.380 e. The Morgan fingerprint density at radius 1 is 1.50 bits per heavy atom. The van der Waals surface area contributed by atoms with Gasteiger partial charge in [0.05, 0.1) is 6.61 Å². The molecule has 1 unspecified atom stereocenters. The number of hydrogen-bond acceptors (Lipinski definition) is 3. The Morgan fingerprint density at radius 2 is 2.40 bits per heavy atom. The third-order valence-electron chi connectivity index (χ3n) is 1.65. The number of piperazine rings is 1. The van der Waals surface area contributed by atoms with Gasteiger partial charge in [0.1, 0.15) is 0 Å². The highest BCUT2D eigenvalue weighted by molar-refractivity contribution is 4.74. The topological polar surface area (TPSA) is 33.3 Å². The van der Waals surface area contributed by atoms with E-state index in [1.165, 1.54) is 0 Å². The van der Waals surface area contributed by atoms with Crippen molar-refractivity contribution >= 4 is 0 Å². The number of rotatable bonds is 3. The SMILES string of the molecule is CCOCC1CNCCN1. The second kappa shape index (κ2) is 4.66. The first-order chi connectivity index (χ1) is 4.93. The fraction of sp³-hybridized carbons (Fsp3) is 1.00. The van der Waals surface area contributed by atoms with Crippen molar-refractivity contribution < 1.29 is 4.74 Å². The molecule has 0 bridgehead atoms. The molecule has 3 nitrogen and oxygen atoms in total. The maximum Gasteiger partial charge on any atom is 0.0631 e. The molecule has 0 aromatic rings.